The average molecular weight is 229 g/mol. The Labute approximate surface area is 95.2 Å². The lowest BCUT2D eigenvalue weighted by molar-refractivity contribution is 0.396. The Bertz CT molecular complexity index is 336. The minimum Gasteiger partial charge on any atom is -0.321 e. The summed E-state index contributed by atoms with van der Waals surface area (Å²) in [4.78, 5) is 6.59. The molecule has 0 spiro atoms. The van der Waals surface area contributed by atoms with Crippen molar-refractivity contribution in [3.8, 4) is 0 Å². The smallest absolute Gasteiger partial charge is 0.128 e. The Balaban J connectivity index is 1.85. The van der Waals surface area contributed by atoms with Crippen molar-refractivity contribution in [1.82, 2.24) is 19.8 Å². The zero-order valence-electron chi connectivity index (χ0n) is 9.20. The molecule has 1 aliphatic rings. The van der Waals surface area contributed by atoms with Gasteiger partial charge in [0.25, 0.3) is 0 Å². The molecule has 1 unspecified atom stereocenters. The largest absolute Gasteiger partial charge is 0.321 e. The van der Waals surface area contributed by atoms with Gasteiger partial charge in [0, 0.05) is 19.6 Å². The van der Waals surface area contributed by atoms with Gasteiger partial charge in [-0.1, -0.05) is 11.6 Å². The maximum Gasteiger partial charge on any atom is 0.128 e. The van der Waals surface area contributed by atoms with Crippen molar-refractivity contribution in [2.45, 2.75) is 19.0 Å². The highest BCUT2D eigenvalue weighted by molar-refractivity contribution is 6.29. The van der Waals surface area contributed by atoms with Gasteiger partial charge in [0.2, 0.25) is 0 Å². The van der Waals surface area contributed by atoms with Crippen LogP contribution in [0.4, 0.5) is 0 Å². The summed E-state index contributed by atoms with van der Waals surface area (Å²) in [5.41, 5.74) is 0. The van der Waals surface area contributed by atoms with Crippen molar-refractivity contribution in [1.29, 1.82) is 0 Å². The molecule has 0 aliphatic carbocycles. The highest BCUT2D eigenvalue weighted by Crippen LogP contribution is 2.10. The third kappa shape index (κ3) is 2.51. The Morgan fingerprint density at radius 2 is 2.40 bits per heavy atom. The molecule has 1 fully saturated rings. The van der Waals surface area contributed by atoms with Gasteiger partial charge >= 0.3 is 0 Å². The van der Waals surface area contributed by atoms with Crippen molar-refractivity contribution in [2.75, 3.05) is 20.1 Å². The van der Waals surface area contributed by atoms with Gasteiger partial charge in [-0.3, -0.25) is 0 Å². The second kappa shape index (κ2) is 4.51. The van der Waals surface area contributed by atoms with E-state index >= 15 is 0 Å². The maximum atomic E-state index is 5.91. The van der Waals surface area contributed by atoms with Gasteiger partial charge < -0.3 is 14.8 Å². The molecule has 0 radical (unpaired) electrons. The van der Waals surface area contributed by atoms with E-state index in [-0.39, 0.29) is 0 Å². The number of halogens is 1. The van der Waals surface area contributed by atoms with Crippen molar-refractivity contribution < 1.29 is 0 Å². The zero-order valence-corrected chi connectivity index (χ0v) is 9.96. The van der Waals surface area contributed by atoms with E-state index in [1.165, 1.54) is 13.0 Å². The first-order valence-electron chi connectivity index (χ1n) is 5.25. The normalized spacial score (nSPS) is 22.5. The van der Waals surface area contributed by atoms with Gasteiger partial charge in [-0.2, -0.15) is 0 Å². The molecule has 0 bridgehead atoms. The van der Waals surface area contributed by atoms with Crippen molar-refractivity contribution in [3.63, 3.8) is 0 Å². The SMILES string of the molecule is CN1CCC(NCc2ncc(Cl)n2C)C1. The summed E-state index contributed by atoms with van der Waals surface area (Å²) >= 11 is 5.91. The molecule has 1 aliphatic heterocycles. The van der Waals surface area contributed by atoms with Crippen LogP contribution in [0.2, 0.25) is 5.15 Å². The lowest BCUT2D eigenvalue weighted by atomic mass is 10.2. The molecule has 1 atom stereocenters. The first kappa shape index (κ1) is 10.9. The number of aromatic nitrogens is 2. The summed E-state index contributed by atoms with van der Waals surface area (Å²) in [6, 6.07) is 0.588. The first-order chi connectivity index (χ1) is 7.16. The molecule has 15 heavy (non-hydrogen) atoms. The van der Waals surface area contributed by atoms with E-state index < -0.39 is 0 Å². The first-order valence-corrected chi connectivity index (χ1v) is 5.62. The lowest BCUT2D eigenvalue weighted by Crippen LogP contribution is -2.31. The standard InChI is InChI=1S/C10H17ClN4/c1-14-4-3-8(7-14)12-6-10-13-5-9(11)15(10)2/h5,8,12H,3-4,6-7H2,1-2H3. The Kier molecular flexibility index (Phi) is 3.29. The highest BCUT2D eigenvalue weighted by Gasteiger charge is 2.19. The topological polar surface area (TPSA) is 33.1 Å². The van der Waals surface area contributed by atoms with E-state index in [2.05, 4.69) is 22.2 Å². The number of nitrogens with zero attached hydrogens (tertiary/aromatic N) is 3. The van der Waals surface area contributed by atoms with E-state index in [9.17, 15) is 0 Å². The van der Waals surface area contributed by atoms with E-state index in [1.807, 2.05) is 11.6 Å². The summed E-state index contributed by atoms with van der Waals surface area (Å²) in [7, 11) is 4.09. The summed E-state index contributed by atoms with van der Waals surface area (Å²) < 4.78 is 1.91. The fourth-order valence-electron chi connectivity index (χ4n) is 1.93. The quantitative estimate of drug-likeness (QED) is 0.834. The monoisotopic (exact) mass is 228 g/mol. The van der Waals surface area contributed by atoms with Crippen LogP contribution in [0.5, 0.6) is 0 Å². The van der Waals surface area contributed by atoms with Gasteiger partial charge in [0.15, 0.2) is 0 Å². The Morgan fingerprint density at radius 3 is 2.93 bits per heavy atom. The number of imidazole rings is 1. The van der Waals surface area contributed by atoms with Crippen LogP contribution in [-0.4, -0.2) is 40.6 Å². The minimum atomic E-state index is 0.588. The Morgan fingerprint density at radius 1 is 1.60 bits per heavy atom. The molecule has 1 saturated heterocycles. The van der Waals surface area contributed by atoms with Gasteiger partial charge in [-0.15, -0.1) is 0 Å². The number of nitrogens with one attached hydrogen (secondary N) is 1. The van der Waals surface area contributed by atoms with Crippen LogP contribution in [0.15, 0.2) is 6.20 Å². The van der Waals surface area contributed by atoms with E-state index in [1.54, 1.807) is 6.20 Å². The summed E-state index contributed by atoms with van der Waals surface area (Å²) in [5, 5.41) is 4.19. The molecule has 1 N–H and O–H groups in total. The fourth-order valence-corrected chi connectivity index (χ4v) is 2.07. The summed E-state index contributed by atoms with van der Waals surface area (Å²) in [5.74, 6) is 0.995. The van der Waals surface area contributed by atoms with Crippen molar-refractivity contribution >= 4 is 11.6 Å². The van der Waals surface area contributed by atoms with Crippen LogP contribution in [0.1, 0.15) is 12.2 Å². The number of likely N-dealkylation sites (N-methyl/N-ethyl adjacent to an activating group) is 1. The Hall–Kier alpha value is -0.580. The van der Waals surface area contributed by atoms with Crippen LogP contribution >= 0.6 is 11.6 Å². The fraction of sp³-hybridized carbons (Fsp3) is 0.700. The average Bonchev–Trinajstić information content (AvgIpc) is 2.74. The van der Waals surface area contributed by atoms with Gasteiger partial charge in [-0.25, -0.2) is 4.98 Å². The predicted molar refractivity (Wildman–Crippen MR) is 61.0 cm³/mol. The van der Waals surface area contributed by atoms with Gasteiger partial charge in [-0.05, 0) is 20.0 Å². The molecule has 1 aromatic heterocycles. The van der Waals surface area contributed by atoms with Crippen LogP contribution in [0, 0.1) is 0 Å². The third-order valence-electron chi connectivity index (χ3n) is 2.97. The second-order valence-electron chi connectivity index (χ2n) is 4.18. The number of hydrogen-bond acceptors (Lipinski definition) is 3. The van der Waals surface area contributed by atoms with Crippen LogP contribution in [-0.2, 0) is 13.6 Å². The van der Waals surface area contributed by atoms with E-state index in [0.29, 0.717) is 11.2 Å². The lowest BCUT2D eigenvalue weighted by Gasteiger charge is -2.12. The van der Waals surface area contributed by atoms with E-state index in [0.717, 1.165) is 18.9 Å². The van der Waals surface area contributed by atoms with Crippen LogP contribution in [0.3, 0.4) is 0 Å². The van der Waals surface area contributed by atoms with Gasteiger partial charge in [0.05, 0.1) is 12.7 Å². The van der Waals surface area contributed by atoms with Gasteiger partial charge in [0.1, 0.15) is 11.0 Å². The molecule has 0 aromatic carbocycles. The maximum absolute atomic E-state index is 5.91. The molecule has 2 heterocycles. The van der Waals surface area contributed by atoms with Crippen LogP contribution in [0.25, 0.3) is 0 Å². The highest BCUT2D eigenvalue weighted by atomic mass is 35.5. The van der Waals surface area contributed by atoms with Crippen molar-refractivity contribution in [3.05, 3.63) is 17.2 Å². The number of rotatable bonds is 3. The summed E-state index contributed by atoms with van der Waals surface area (Å²) in [6.45, 7) is 3.10. The molecule has 0 saturated carbocycles. The van der Waals surface area contributed by atoms with Crippen molar-refractivity contribution in [2.24, 2.45) is 7.05 Å². The zero-order chi connectivity index (χ0) is 10.8. The molecule has 84 valence electrons. The molecule has 1 aromatic rings. The number of hydrogen-bond donors (Lipinski definition) is 1. The number of likely N-dealkylation sites (tertiary alicyclic amines) is 1. The molecule has 0 amide bonds. The van der Waals surface area contributed by atoms with Crippen LogP contribution < -0.4 is 5.32 Å². The second-order valence-corrected chi connectivity index (χ2v) is 4.57. The molecule has 2 rings (SSSR count). The molecular formula is C10H17ClN4. The summed E-state index contributed by atoms with van der Waals surface area (Å²) in [6.07, 6.45) is 2.91. The predicted octanol–water partition coefficient (Wildman–Crippen LogP) is 0.867. The molecule has 4 nitrogen and oxygen atoms in total. The third-order valence-corrected chi connectivity index (χ3v) is 3.32. The van der Waals surface area contributed by atoms with E-state index in [4.69, 9.17) is 11.6 Å². The minimum absolute atomic E-state index is 0.588. The molecule has 5 heteroatoms. The molecular weight excluding hydrogens is 212 g/mol.